The van der Waals surface area contributed by atoms with Gasteiger partial charge >= 0.3 is 5.97 Å². The van der Waals surface area contributed by atoms with E-state index < -0.39 is 24.5 Å². The highest BCUT2D eigenvalue weighted by Crippen LogP contribution is 2.17. The van der Waals surface area contributed by atoms with E-state index in [0.29, 0.717) is 17.8 Å². The van der Waals surface area contributed by atoms with Gasteiger partial charge < -0.3 is 15.5 Å². The average molecular weight is 356 g/mol. The maximum absolute atomic E-state index is 12.3. The van der Waals surface area contributed by atoms with Gasteiger partial charge in [0.15, 0.2) is 6.04 Å². The Kier molecular flexibility index (Phi) is 4.59. The number of carboxylic acid groups (broad SMARTS) is 1. The van der Waals surface area contributed by atoms with Gasteiger partial charge in [-0.3, -0.25) is 9.20 Å². The van der Waals surface area contributed by atoms with Crippen LogP contribution in [0.3, 0.4) is 0 Å². The highest BCUT2D eigenvalue weighted by atomic mass is 79.9. The second kappa shape index (κ2) is 6.23. The molecule has 0 fully saturated rings. The van der Waals surface area contributed by atoms with Gasteiger partial charge in [0.05, 0.1) is 12.3 Å². The molecular weight excluding hydrogens is 342 g/mol. The van der Waals surface area contributed by atoms with Crippen molar-refractivity contribution < 1.29 is 19.8 Å². The molecule has 0 aromatic carbocycles. The minimum atomic E-state index is -1.35. The summed E-state index contributed by atoms with van der Waals surface area (Å²) >= 11 is 3.32. The Balaban J connectivity index is 2.46. The lowest BCUT2D eigenvalue weighted by Gasteiger charge is -2.12. The van der Waals surface area contributed by atoms with Crippen LogP contribution in [0.15, 0.2) is 22.8 Å². The number of aryl methyl sites for hydroxylation is 1. The summed E-state index contributed by atoms with van der Waals surface area (Å²) in [5.41, 5.74) is 1.43. The van der Waals surface area contributed by atoms with Crippen molar-refractivity contribution >= 4 is 33.5 Å². The van der Waals surface area contributed by atoms with Crippen molar-refractivity contribution in [2.45, 2.75) is 19.4 Å². The van der Waals surface area contributed by atoms with Gasteiger partial charge in [0.1, 0.15) is 11.3 Å². The number of nitrogens with one attached hydrogen (secondary N) is 1. The van der Waals surface area contributed by atoms with Crippen LogP contribution in [0.1, 0.15) is 23.1 Å². The Morgan fingerprint density at radius 1 is 1.48 bits per heavy atom. The molecule has 0 aliphatic rings. The number of rotatable bonds is 5. The van der Waals surface area contributed by atoms with E-state index in [1.165, 1.54) is 0 Å². The topological polar surface area (TPSA) is 104 Å². The number of aliphatic hydroxyl groups excluding tert-OH is 1. The molecule has 1 unspecified atom stereocenters. The number of hydrogen-bond donors (Lipinski definition) is 3. The second-order valence-electron chi connectivity index (χ2n) is 4.38. The number of nitrogens with zero attached hydrogens (tertiary/aromatic N) is 2. The fourth-order valence-electron chi connectivity index (χ4n) is 1.97. The molecule has 2 aromatic rings. The van der Waals surface area contributed by atoms with Crippen molar-refractivity contribution in [2.24, 2.45) is 0 Å². The summed E-state index contributed by atoms with van der Waals surface area (Å²) < 4.78 is 2.36. The number of imidazole rings is 1. The number of carbonyl (C=O) groups excluding carboxylic acids is 1. The second-order valence-corrected chi connectivity index (χ2v) is 5.30. The van der Waals surface area contributed by atoms with Crippen LogP contribution in [-0.2, 0) is 11.2 Å². The highest BCUT2D eigenvalue weighted by molar-refractivity contribution is 9.10. The van der Waals surface area contributed by atoms with Gasteiger partial charge in [-0.25, -0.2) is 9.78 Å². The first-order valence-corrected chi connectivity index (χ1v) is 7.08. The Bertz CT molecular complexity index is 698. The van der Waals surface area contributed by atoms with E-state index in [2.05, 4.69) is 26.2 Å². The monoisotopic (exact) mass is 355 g/mol. The van der Waals surface area contributed by atoms with Gasteiger partial charge in [-0.05, 0) is 34.5 Å². The van der Waals surface area contributed by atoms with Crippen LogP contribution in [0.25, 0.3) is 5.65 Å². The molecule has 0 spiro atoms. The molecule has 0 saturated carbocycles. The summed E-state index contributed by atoms with van der Waals surface area (Å²) in [6.45, 7) is 1.18. The van der Waals surface area contributed by atoms with Crippen LogP contribution in [0.2, 0.25) is 0 Å². The normalized spacial score (nSPS) is 12.3. The number of carboxylic acids is 1. The Morgan fingerprint density at radius 2 is 2.19 bits per heavy atom. The first-order chi connectivity index (χ1) is 9.97. The van der Waals surface area contributed by atoms with Crippen LogP contribution in [-0.4, -0.2) is 44.1 Å². The van der Waals surface area contributed by atoms with Crippen LogP contribution in [0.4, 0.5) is 0 Å². The summed E-state index contributed by atoms with van der Waals surface area (Å²) in [5, 5.41) is 20.2. The number of fused-ring (bicyclic) bond motifs is 1. The number of carbonyl (C=O) groups is 2. The SMILES string of the molecule is CCc1nc2ccc(Br)cn2c1C(=O)NC(CO)C(=O)O. The van der Waals surface area contributed by atoms with Crippen molar-refractivity contribution in [1.82, 2.24) is 14.7 Å². The van der Waals surface area contributed by atoms with Gasteiger partial charge in [-0.2, -0.15) is 0 Å². The third-order valence-electron chi connectivity index (χ3n) is 2.99. The largest absolute Gasteiger partial charge is 0.480 e. The molecular formula is C13H14BrN3O4. The van der Waals surface area contributed by atoms with Crippen LogP contribution >= 0.6 is 15.9 Å². The molecule has 0 saturated heterocycles. The predicted octanol–water partition coefficient (Wildman–Crippen LogP) is 0.834. The van der Waals surface area contributed by atoms with E-state index >= 15 is 0 Å². The zero-order valence-corrected chi connectivity index (χ0v) is 12.8. The summed E-state index contributed by atoms with van der Waals surface area (Å²) in [4.78, 5) is 27.6. The number of aliphatic carboxylic acids is 1. The number of hydrogen-bond acceptors (Lipinski definition) is 4. The minimum Gasteiger partial charge on any atom is -0.480 e. The number of aliphatic hydroxyl groups is 1. The smallest absolute Gasteiger partial charge is 0.328 e. The van der Waals surface area contributed by atoms with Crippen molar-refractivity contribution in [3.63, 3.8) is 0 Å². The van der Waals surface area contributed by atoms with E-state index in [-0.39, 0.29) is 5.69 Å². The van der Waals surface area contributed by atoms with Crippen LogP contribution in [0.5, 0.6) is 0 Å². The van der Waals surface area contributed by atoms with Crippen molar-refractivity contribution in [1.29, 1.82) is 0 Å². The van der Waals surface area contributed by atoms with Gasteiger partial charge in [-0.15, -0.1) is 0 Å². The van der Waals surface area contributed by atoms with Crippen molar-refractivity contribution in [2.75, 3.05) is 6.61 Å². The zero-order valence-electron chi connectivity index (χ0n) is 11.2. The summed E-state index contributed by atoms with van der Waals surface area (Å²) in [6.07, 6.45) is 2.21. The van der Waals surface area contributed by atoms with Gasteiger partial charge in [-0.1, -0.05) is 6.92 Å². The number of halogens is 1. The van der Waals surface area contributed by atoms with E-state index in [1.54, 1.807) is 22.7 Å². The molecule has 1 amide bonds. The summed E-state index contributed by atoms with van der Waals surface area (Å²) in [7, 11) is 0. The fraction of sp³-hybridized carbons (Fsp3) is 0.308. The van der Waals surface area contributed by atoms with Crippen molar-refractivity contribution in [3.05, 3.63) is 34.2 Å². The lowest BCUT2D eigenvalue weighted by molar-refractivity contribution is -0.140. The lowest BCUT2D eigenvalue weighted by atomic mass is 10.2. The van der Waals surface area contributed by atoms with Crippen molar-refractivity contribution in [3.8, 4) is 0 Å². The predicted molar refractivity (Wildman–Crippen MR) is 78.2 cm³/mol. The Morgan fingerprint density at radius 3 is 2.76 bits per heavy atom. The molecule has 0 radical (unpaired) electrons. The Labute approximate surface area is 128 Å². The molecule has 8 heteroatoms. The molecule has 3 N–H and O–H groups in total. The first kappa shape index (κ1) is 15.5. The fourth-order valence-corrected chi connectivity index (χ4v) is 2.30. The Hall–Kier alpha value is -1.93. The molecule has 2 rings (SSSR count). The highest BCUT2D eigenvalue weighted by Gasteiger charge is 2.24. The molecule has 21 heavy (non-hydrogen) atoms. The molecule has 112 valence electrons. The lowest BCUT2D eigenvalue weighted by Crippen LogP contribution is -2.43. The van der Waals surface area contributed by atoms with E-state index in [1.807, 2.05) is 6.92 Å². The molecule has 1 atom stereocenters. The van der Waals surface area contributed by atoms with Crippen LogP contribution < -0.4 is 5.32 Å². The third-order valence-corrected chi connectivity index (χ3v) is 3.46. The van der Waals surface area contributed by atoms with Gasteiger partial charge in [0, 0.05) is 10.7 Å². The van der Waals surface area contributed by atoms with E-state index in [0.717, 1.165) is 4.47 Å². The summed E-state index contributed by atoms with van der Waals surface area (Å²) in [6, 6.07) is 2.21. The molecule has 0 bridgehead atoms. The molecule has 0 aliphatic carbocycles. The van der Waals surface area contributed by atoms with Crippen LogP contribution in [0, 0.1) is 0 Å². The maximum Gasteiger partial charge on any atom is 0.328 e. The molecule has 0 aliphatic heterocycles. The van der Waals surface area contributed by atoms with Gasteiger partial charge in [0.25, 0.3) is 5.91 Å². The minimum absolute atomic E-state index is 0.272. The number of aromatic nitrogens is 2. The molecule has 2 heterocycles. The number of amides is 1. The van der Waals surface area contributed by atoms with E-state index in [4.69, 9.17) is 10.2 Å². The number of pyridine rings is 1. The summed E-state index contributed by atoms with van der Waals surface area (Å²) in [5.74, 6) is -1.88. The zero-order chi connectivity index (χ0) is 15.6. The molecule has 7 nitrogen and oxygen atoms in total. The van der Waals surface area contributed by atoms with E-state index in [9.17, 15) is 9.59 Å². The third kappa shape index (κ3) is 3.06. The van der Waals surface area contributed by atoms with Gasteiger partial charge in [0.2, 0.25) is 0 Å². The molecule has 2 aromatic heterocycles. The standard InChI is InChI=1S/C13H14BrN3O4/c1-2-8-11(12(19)16-9(6-18)13(20)21)17-5-7(14)3-4-10(17)15-8/h3-5,9,18H,2,6H2,1H3,(H,16,19)(H,20,21). The first-order valence-electron chi connectivity index (χ1n) is 6.29. The average Bonchev–Trinajstić information content (AvgIpc) is 2.81. The maximum atomic E-state index is 12.3. The quantitative estimate of drug-likeness (QED) is 0.736.